The van der Waals surface area contributed by atoms with E-state index in [4.69, 9.17) is 16.9 Å². The van der Waals surface area contributed by atoms with Crippen LogP contribution >= 0.6 is 11.6 Å². The van der Waals surface area contributed by atoms with Crippen LogP contribution < -0.4 is 0 Å². The molecule has 0 saturated heterocycles. The number of carbonyl (C=O) groups is 1. The maximum Gasteiger partial charge on any atom is 0.131 e. The molecule has 0 amide bonds. The third-order valence-corrected chi connectivity index (χ3v) is 1.82. The molecular weight excluding hydrogens is 198 g/mol. The maximum absolute atomic E-state index is 10.0. The Morgan fingerprint density at radius 3 is 2.86 bits per heavy atom. The summed E-state index contributed by atoms with van der Waals surface area (Å²) < 4.78 is 0. The molecule has 0 heterocycles. The van der Waals surface area contributed by atoms with Crippen molar-refractivity contribution in [3.63, 3.8) is 0 Å². The van der Waals surface area contributed by atoms with Crippen LogP contribution in [0.25, 0.3) is 0 Å². The van der Waals surface area contributed by atoms with Crippen molar-refractivity contribution in [1.82, 2.24) is 0 Å². The monoisotopic (exact) mass is 203 g/mol. The van der Waals surface area contributed by atoms with Crippen molar-refractivity contribution >= 4 is 17.9 Å². The zero-order valence-corrected chi connectivity index (χ0v) is 8.01. The third-order valence-electron chi connectivity index (χ3n) is 1.51. The second-order valence-electron chi connectivity index (χ2n) is 2.48. The zero-order chi connectivity index (χ0) is 10.4. The minimum Gasteiger partial charge on any atom is -0.302 e. The van der Waals surface area contributed by atoms with Gasteiger partial charge in [-0.25, -0.2) is 0 Å². The van der Waals surface area contributed by atoms with E-state index in [1.807, 2.05) is 6.07 Å². The van der Waals surface area contributed by atoms with Crippen molar-refractivity contribution < 1.29 is 4.79 Å². The zero-order valence-electron chi connectivity index (χ0n) is 7.25. The SMILES string of the molecule is N#Cc1ccc(C#CCC=O)c(Cl)c1. The molecule has 3 heteroatoms. The van der Waals surface area contributed by atoms with Gasteiger partial charge in [-0.2, -0.15) is 5.26 Å². The van der Waals surface area contributed by atoms with Crippen molar-refractivity contribution in [3.8, 4) is 17.9 Å². The van der Waals surface area contributed by atoms with Gasteiger partial charge < -0.3 is 4.79 Å². The van der Waals surface area contributed by atoms with E-state index in [2.05, 4.69) is 11.8 Å². The van der Waals surface area contributed by atoms with E-state index in [-0.39, 0.29) is 6.42 Å². The van der Waals surface area contributed by atoms with Gasteiger partial charge in [0.1, 0.15) is 6.29 Å². The molecule has 0 spiro atoms. The summed E-state index contributed by atoms with van der Waals surface area (Å²) in [4.78, 5) is 10.0. The van der Waals surface area contributed by atoms with E-state index >= 15 is 0 Å². The van der Waals surface area contributed by atoms with Gasteiger partial charge in [-0.05, 0) is 18.2 Å². The molecule has 1 aromatic rings. The smallest absolute Gasteiger partial charge is 0.131 e. The molecule has 0 aliphatic heterocycles. The molecule has 0 saturated carbocycles. The van der Waals surface area contributed by atoms with E-state index in [0.717, 1.165) is 6.29 Å². The molecule has 0 aromatic heterocycles. The first kappa shape index (κ1) is 10.3. The van der Waals surface area contributed by atoms with Gasteiger partial charge in [-0.15, -0.1) is 0 Å². The molecule has 0 bridgehead atoms. The number of hydrogen-bond acceptors (Lipinski definition) is 2. The van der Waals surface area contributed by atoms with Gasteiger partial charge in [0.15, 0.2) is 0 Å². The fraction of sp³-hybridized carbons (Fsp3) is 0.0909. The van der Waals surface area contributed by atoms with Crippen LogP contribution in [0.4, 0.5) is 0 Å². The number of halogens is 1. The molecule has 1 aromatic carbocycles. The van der Waals surface area contributed by atoms with E-state index < -0.39 is 0 Å². The predicted octanol–water partition coefficient (Wildman–Crippen LogP) is 2.15. The lowest BCUT2D eigenvalue weighted by Crippen LogP contribution is -1.80. The van der Waals surface area contributed by atoms with Crippen molar-refractivity contribution in [3.05, 3.63) is 34.3 Å². The Bertz CT molecular complexity index is 449. The van der Waals surface area contributed by atoms with Gasteiger partial charge in [0.05, 0.1) is 23.1 Å². The van der Waals surface area contributed by atoms with E-state index in [9.17, 15) is 4.79 Å². The highest BCUT2D eigenvalue weighted by molar-refractivity contribution is 6.31. The van der Waals surface area contributed by atoms with E-state index in [1.54, 1.807) is 18.2 Å². The topological polar surface area (TPSA) is 40.9 Å². The Morgan fingerprint density at radius 2 is 2.29 bits per heavy atom. The van der Waals surface area contributed by atoms with Gasteiger partial charge in [0, 0.05) is 5.56 Å². The molecule has 0 aliphatic carbocycles. The number of benzene rings is 1. The van der Waals surface area contributed by atoms with Gasteiger partial charge in [-0.3, -0.25) is 0 Å². The highest BCUT2D eigenvalue weighted by Crippen LogP contribution is 2.16. The summed E-state index contributed by atoms with van der Waals surface area (Å²) in [6.07, 6.45) is 0.918. The predicted molar refractivity (Wildman–Crippen MR) is 53.7 cm³/mol. The van der Waals surface area contributed by atoms with Crippen LogP contribution in [-0.2, 0) is 4.79 Å². The Kier molecular flexibility index (Phi) is 3.73. The minimum atomic E-state index is 0.191. The van der Waals surface area contributed by atoms with Crippen molar-refractivity contribution in [2.45, 2.75) is 6.42 Å². The molecular formula is C11H6ClNO. The summed E-state index contributed by atoms with van der Waals surface area (Å²) in [5.74, 6) is 5.39. The average Bonchev–Trinajstić information content (AvgIpc) is 2.20. The highest BCUT2D eigenvalue weighted by Gasteiger charge is 1.97. The number of aldehydes is 1. The lowest BCUT2D eigenvalue weighted by Gasteiger charge is -1.94. The second kappa shape index (κ2) is 5.07. The van der Waals surface area contributed by atoms with Gasteiger partial charge in [-0.1, -0.05) is 23.4 Å². The van der Waals surface area contributed by atoms with Crippen molar-refractivity contribution in [1.29, 1.82) is 5.26 Å². The largest absolute Gasteiger partial charge is 0.302 e. The first-order valence-corrected chi connectivity index (χ1v) is 4.28. The summed E-state index contributed by atoms with van der Waals surface area (Å²) in [6, 6.07) is 6.82. The molecule has 0 atom stereocenters. The highest BCUT2D eigenvalue weighted by atomic mass is 35.5. The maximum atomic E-state index is 10.0. The molecule has 68 valence electrons. The van der Waals surface area contributed by atoms with Crippen LogP contribution in [0.1, 0.15) is 17.5 Å². The van der Waals surface area contributed by atoms with Crippen LogP contribution in [0.15, 0.2) is 18.2 Å². The number of carbonyl (C=O) groups excluding carboxylic acids is 1. The van der Waals surface area contributed by atoms with E-state index in [0.29, 0.717) is 16.1 Å². The van der Waals surface area contributed by atoms with Crippen LogP contribution in [0.3, 0.4) is 0 Å². The molecule has 0 radical (unpaired) electrons. The first-order chi connectivity index (χ1) is 6.77. The third kappa shape index (κ3) is 2.62. The van der Waals surface area contributed by atoms with Gasteiger partial charge in [0.2, 0.25) is 0 Å². The standard InChI is InChI=1S/C11H6ClNO/c12-11-7-9(8-13)4-5-10(11)3-1-2-6-14/h4-7H,2H2. The molecule has 0 aliphatic rings. The molecule has 0 unspecified atom stereocenters. The van der Waals surface area contributed by atoms with Crippen molar-refractivity contribution in [2.75, 3.05) is 0 Å². The lowest BCUT2D eigenvalue weighted by molar-refractivity contribution is -0.107. The number of hydrogen-bond donors (Lipinski definition) is 0. The Labute approximate surface area is 87.1 Å². The van der Waals surface area contributed by atoms with Gasteiger partial charge in [0.25, 0.3) is 0 Å². The Hall–Kier alpha value is -1.77. The Balaban J connectivity index is 2.97. The number of nitrogens with zero attached hydrogens (tertiary/aromatic N) is 1. The van der Waals surface area contributed by atoms with Crippen LogP contribution in [0.2, 0.25) is 5.02 Å². The van der Waals surface area contributed by atoms with Crippen LogP contribution in [-0.4, -0.2) is 6.29 Å². The quantitative estimate of drug-likeness (QED) is 0.518. The Morgan fingerprint density at radius 1 is 1.50 bits per heavy atom. The average molecular weight is 204 g/mol. The molecule has 0 fully saturated rings. The molecule has 2 nitrogen and oxygen atoms in total. The summed E-state index contributed by atoms with van der Waals surface area (Å²) in [5.41, 5.74) is 1.13. The summed E-state index contributed by atoms with van der Waals surface area (Å²) in [6.45, 7) is 0. The van der Waals surface area contributed by atoms with Gasteiger partial charge >= 0.3 is 0 Å². The second-order valence-corrected chi connectivity index (χ2v) is 2.89. The fourth-order valence-corrected chi connectivity index (χ4v) is 1.10. The normalized spacial score (nSPS) is 8.29. The number of nitriles is 1. The minimum absolute atomic E-state index is 0.191. The lowest BCUT2D eigenvalue weighted by atomic mass is 10.1. The van der Waals surface area contributed by atoms with Crippen LogP contribution in [0.5, 0.6) is 0 Å². The molecule has 14 heavy (non-hydrogen) atoms. The molecule has 1 rings (SSSR count). The number of rotatable bonds is 1. The first-order valence-electron chi connectivity index (χ1n) is 3.90. The summed E-state index contributed by atoms with van der Waals surface area (Å²) in [5, 5.41) is 9.01. The fourth-order valence-electron chi connectivity index (χ4n) is 0.874. The van der Waals surface area contributed by atoms with Crippen LogP contribution in [0, 0.1) is 23.2 Å². The molecule has 0 N–H and O–H groups in total. The summed E-state index contributed by atoms with van der Waals surface area (Å²) in [7, 11) is 0. The summed E-state index contributed by atoms with van der Waals surface area (Å²) >= 11 is 5.85. The van der Waals surface area contributed by atoms with Crippen molar-refractivity contribution in [2.24, 2.45) is 0 Å². The van der Waals surface area contributed by atoms with E-state index in [1.165, 1.54) is 0 Å².